The second kappa shape index (κ2) is 41.4. The van der Waals surface area contributed by atoms with E-state index >= 15 is 0 Å². The fourth-order valence-corrected chi connectivity index (χ4v) is 0. The summed E-state index contributed by atoms with van der Waals surface area (Å²) in [6, 6.07) is 0. The number of rotatable bonds is 0. The minimum absolute atomic E-state index is 0. The van der Waals surface area contributed by atoms with E-state index in [0.29, 0.717) is 0 Å². The fourth-order valence-electron chi connectivity index (χ4n) is 0. The topological polar surface area (TPSA) is 0 Å². The van der Waals surface area contributed by atoms with Crippen molar-refractivity contribution in [1.29, 1.82) is 0 Å². The van der Waals surface area contributed by atoms with Crippen molar-refractivity contribution < 1.29 is 99.8 Å². The van der Waals surface area contributed by atoms with Crippen LogP contribution in [0.1, 0.15) is 7.43 Å². The van der Waals surface area contributed by atoms with E-state index < -0.39 is 0 Å². The summed E-state index contributed by atoms with van der Waals surface area (Å²) in [5.41, 5.74) is 0. The van der Waals surface area contributed by atoms with Gasteiger partial charge in [0.2, 0.25) is 0 Å². The van der Waals surface area contributed by atoms with E-state index in [0.717, 1.165) is 0 Å². The van der Waals surface area contributed by atoms with Crippen molar-refractivity contribution in [1.82, 2.24) is 0 Å². The van der Waals surface area contributed by atoms with Crippen molar-refractivity contribution in [3.05, 3.63) is 0 Å². The molecule has 0 aromatic heterocycles. The van der Waals surface area contributed by atoms with Crippen LogP contribution in [0.2, 0.25) is 0 Å². The smallest absolute Gasteiger partial charge is 0 e. The SMILES string of the molecule is C.[Cr].[Mo].[Ti].[V].[W]. The van der Waals surface area contributed by atoms with Crippen LogP contribution in [0.4, 0.5) is 0 Å². The summed E-state index contributed by atoms with van der Waals surface area (Å²) in [6.45, 7) is 0. The Kier molecular flexibility index (Phi) is 416. The van der Waals surface area contributed by atoms with Gasteiger partial charge < -0.3 is 0 Å². The maximum atomic E-state index is 0. The molecule has 0 atom stereocenters. The first-order valence-electron chi connectivity index (χ1n) is 0. The van der Waals surface area contributed by atoms with Gasteiger partial charge in [-0.3, -0.25) is 0 Å². The van der Waals surface area contributed by atoms with Gasteiger partial charge in [0, 0.05) is 99.8 Å². The third kappa shape index (κ3) is 27.0. The van der Waals surface area contributed by atoms with Gasteiger partial charge in [-0.25, -0.2) is 0 Å². The van der Waals surface area contributed by atoms with Gasteiger partial charge in [0.1, 0.15) is 0 Å². The Labute approximate surface area is 105 Å². The Morgan fingerprint density at radius 1 is 1.00 bits per heavy atom. The molecule has 0 aromatic carbocycles. The minimum Gasteiger partial charge on any atom is -0.0776 e. The predicted octanol–water partition coefficient (Wildman–Crippen LogP) is 0.624. The Hall–Kier alpha value is 3.21. The second-order valence-corrected chi connectivity index (χ2v) is 0. The van der Waals surface area contributed by atoms with E-state index in [-0.39, 0.29) is 107 Å². The first-order valence-corrected chi connectivity index (χ1v) is 0. The van der Waals surface area contributed by atoms with Crippen molar-refractivity contribution in [2.75, 3.05) is 0 Å². The molecule has 6 heavy (non-hydrogen) atoms. The van der Waals surface area contributed by atoms with Crippen LogP contribution >= 0.6 is 0 Å². The summed E-state index contributed by atoms with van der Waals surface area (Å²) in [5, 5.41) is 0. The quantitative estimate of drug-likeness (QED) is 0.479. The molecule has 5 heteroatoms. The van der Waals surface area contributed by atoms with E-state index in [1.165, 1.54) is 0 Å². The van der Waals surface area contributed by atoms with Crippen molar-refractivity contribution in [2.45, 2.75) is 7.43 Å². The Balaban J connectivity index is 0. The standard InChI is InChI=1S/CH4.Cr.Mo.Ti.V.W/h1H4;;;;;. The van der Waals surface area contributed by atoms with Crippen LogP contribution in [0, 0.1) is 0 Å². The maximum absolute atomic E-state index is 0. The largest absolute Gasteiger partial charge is 0.0776 e. The molecule has 0 bridgehead atoms. The van der Waals surface area contributed by atoms with Crippen LogP contribution in [-0.2, 0) is 99.8 Å². The number of hydrogen-bond donors (Lipinski definition) is 0. The molecular formula is CH4CrMoTiVW. The molecule has 0 aliphatic rings. The molecule has 0 aliphatic carbocycles. The molecule has 0 amide bonds. The summed E-state index contributed by atoms with van der Waals surface area (Å²) in [6.07, 6.45) is 0. The van der Waals surface area contributed by atoms with Gasteiger partial charge in [-0.1, -0.05) is 7.43 Å². The van der Waals surface area contributed by atoms with Crippen LogP contribution in [0.25, 0.3) is 0 Å². The van der Waals surface area contributed by atoms with Crippen molar-refractivity contribution in [3.8, 4) is 0 Å². The molecular weight excluding hydrogens is 443 g/mol. The van der Waals surface area contributed by atoms with Crippen molar-refractivity contribution >= 4 is 0 Å². The first kappa shape index (κ1) is 60.3. The van der Waals surface area contributed by atoms with Gasteiger partial charge in [-0.15, -0.1) is 0 Å². The van der Waals surface area contributed by atoms with Gasteiger partial charge in [-0.05, 0) is 0 Å². The second-order valence-electron chi connectivity index (χ2n) is 0. The monoisotopic (exact) mass is 449 g/mol. The molecule has 0 unspecified atom stereocenters. The van der Waals surface area contributed by atoms with E-state index in [1.54, 1.807) is 0 Å². The van der Waals surface area contributed by atoms with Gasteiger partial charge in [-0.2, -0.15) is 0 Å². The zero-order valence-electron chi connectivity index (χ0n) is 2.17. The van der Waals surface area contributed by atoms with Gasteiger partial charge in [0.05, 0.1) is 0 Å². The molecule has 0 nitrogen and oxygen atoms in total. The molecule has 0 spiro atoms. The van der Waals surface area contributed by atoms with Crippen molar-refractivity contribution in [3.63, 3.8) is 0 Å². The van der Waals surface area contributed by atoms with Crippen LogP contribution in [0.3, 0.4) is 0 Å². The molecule has 0 heterocycles. The molecule has 0 aromatic rings. The summed E-state index contributed by atoms with van der Waals surface area (Å²) < 4.78 is 0. The molecule has 1 radical (unpaired) electrons. The summed E-state index contributed by atoms with van der Waals surface area (Å²) in [4.78, 5) is 0. The minimum atomic E-state index is 0. The molecule has 0 fully saturated rings. The Bertz CT molecular complexity index is 15.5. The van der Waals surface area contributed by atoms with Crippen LogP contribution < -0.4 is 0 Å². The van der Waals surface area contributed by atoms with Crippen LogP contribution in [-0.4, -0.2) is 0 Å². The number of hydrogen-bond acceptors (Lipinski definition) is 0. The zero-order chi connectivity index (χ0) is 0. The third-order valence-corrected chi connectivity index (χ3v) is 0. The van der Waals surface area contributed by atoms with Crippen LogP contribution in [0.5, 0.6) is 0 Å². The Morgan fingerprint density at radius 2 is 1.00 bits per heavy atom. The normalized spacial score (nSPS) is 0. The predicted molar refractivity (Wildman–Crippen MR) is 6.73 cm³/mol. The average molecular weight is 447 g/mol. The fraction of sp³-hybridized carbons (Fsp3) is 1.00. The van der Waals surface area contributed by atoms with Gasteiger partial charge in [0.15, 0.2) is 0 Å². The average Bonchev–Trinajstić information content (AvgIpc) is 0. The van der Waals surface area contributed by atoms with E-state index in [9.17, 15) is 0 Å². The summed E-state index contributed by atoms with van der Waals surface area (Å²) >= 11 is 0. The molecule has 0 N–H and O–H groups in total. The molecule has 0 saturated carbocycles. The van der Waals surface area contributed by atoms with Gasteiger partial charge >= 0.3 is 0 Å². The molecule has 35 valence electrons. The van der Waals surface area contributed by atoms with Gasteiger partial charge in [0.25, 0.3) is 0 Å². The van der Waals surface area contributed by atoms with Crippen molar-refractivity contribution in [2.24, 2.45) is 0 Å². The zero-order valence-corrected chi connectivity index (χ0v) is 11.3. The van der Waals surface area contributed by atoms with E-state index in [2.05, 4.69) is 0 Å². The summed E-state index contributed by atoms with van der Waals surface area (Å²) in [5.74, 6) is 0. The first-order chi connectivity index (χ1) is 0. The third-order valence-electron chi connectivity index (χ3n) is 0. The maximum Gasteiger partial charge on any atom is 0 e. The van der Waals surface area contributed by atoms with E-state index in [4.69, 9.17) is 0 Å². The summed E-state index contributed by atoms with van der Waals surface area (Å²) in [7, 11) is 0. The van der Waals surface area contributed by atoms with E-state index in [1.807, 2.05) is 0 Å². The Morgan fingerprint density at radius 3 is 1.00 bits per heavy atom. The molecule has 0 rings (SSSR count). The molecule has 0 aliphatic heterocycles. The molecule has 0 saturated heterocycles. The van der Waals surface area contributed by atoms with Crippen LogP contribution in [0.15, 0.2) is 0 Å².